The van der Waals surface area contributed by atoms with Crippen LogP contribution in [0, 0.1) is 0 Å². The molecule has 0 aromatic heterocycles. The van der Waals surface area contributed by atoms with Gasteiger partial charge in [-0.2, -0.15) is 0 Å². The van der Waals surface area contributed by atoms with E-state index in [2.05, 4.69) is 21.1 Å². The van der Waals surface area contributed by atoms with Gasteiger partial charge in [-0.3, -0.25) is 4.48 Å². The lowest BCUT2D eigenvalue weighted by Gasteiger charge is -2.23. The monoisotopic (exact) mass is 170 g/mol. The first kappa shape index (κ1) is 8.57. The normalized spacial score (nSPS) is 11.6. The summed E-state index contributed by atoms with van der Waals surface area (Å²) in [6.07, 6.45) is 0. The van der Waals surface area contributed by atoms with Crippen LogP contribution in [-0.2, 0) is 0 Å². The van der Waals surface area contributed by atoms with Crippen molar-refractivity contribution in [3.8, 4) is 0 Å². The van der Waals surface area contributed by atoms with Crippen molar-refractivity contribution in [2.24, 2.45) is 0 Å². The fraction of sp³-hybridized carbons (Fsp3) is 0.333. The van der Waals surface area contributed by atoms with Gasteiger partial charge in [-0.15, -0.1) is 0 Å². The molecule has 0 bridgehead atoms. The van der Waals surface area contributed by atoms with Crippen LogP contribution in [0.5, 0.6) is 0 Å². The first-order chi connectivity index (χ1) is 5.00. The molecule has 1 aromatic rings. The summed E-state index contributed by atoms with van der Waals surface area (Å²) < 4.78 is 0.831. The number of halogens is 1. The van der Waals surface area contributed by atoms with Gasteiger partial charge < -0.3 is 0 Å². The van der Waals surface area contributed by atoms with Gasteiger partial charge in [0.1, 0.15) is 5.69 Å². The average molecular weight is 171 g/mol. The van der Waals surface area contributed by atoms with Gasteiger partial charge in [-0.25, -0.2) is 0 Å². The Kier molecular flexibility index (Phi) is 2.21. The maximum atomic E-state index is 5.75. The SMILES string of the molecule is C[N+](C)(C)c1ccc(Cl)cc1. The van der Waals surface area contributed by atoms with E-state index in [1.807, 2.05) is 24.3 Å². The second kappa shape index (κ2) is 2.84. The van der Waals surface area contributed by atoms with E-state index in [9.17, 15) is 0 Å². The predicted molar refractivity (Wildman–Crippen MR) is 51.0 cm³/mol. The summed E-state index contributed by atoms with van der Waals surface area (Å²) in [7, 11) is 6.38. The summed E-state index contributed by atoms with van der Waals surface area (Å²) in [5.41, 5.74) is 1.26. The summed E-state index contributed by atoms with van der Waals surface area (Å²) >= 11 is 5.75. The van der Waals surface area contributed by atoms with Gasteiger partial charge in [0.05, 0.1) is 21.1 Å². The standard InChI is InChI=1S/C9H13ClN/c1-11(2,3)9-6-4-8(10)5-7-9/h4-7H,1-3H3/q+1. The van der Waals surface area contributed by atoms with Crippen LogP contribution in [0.2, 0.25) is 5.02 Å². The minimum atomic E-state index is 0.794. The highest BCUT2D eigenvalue weighted by Crippen LogP contribution is 2.19. The predicted octanol–water partition coefficient (Wildman–Crippen LogP) is 2.54. The smallest absolute Gasteiger partial charge is 0.132 e. The minimum absolute atomic E-state index is 0.794. The Morgan fingerprint density at radius 1 is 1.00 bits per heavy atom. The third-order valence-electron chi connectivity index (χ3n) is 1.60. The van der Waals surface area contributed by atoms with Crippen molar-refractivity contribution < 1.29 is 0 Å². The van der Waals surface area contributed by atoms with Gasteiger partial charge in [0.2, 0.25) is 0 Å². The molecule has 1 nitrogen and oxygen atoms in total. The molecule has 0 spiro atoms. The van der Waals surface area contributed by atoms with Crippen LogP contribution in [-0.4, -0.2) is 21.1 Å². The maximum Gasteiger partial charge on any atom is 0.132 e. The number of benzene rings is 1. The Morgan fingerprint density at radius 2 is 1.45 bits per heavy atom. The van der Waals surface area contributed by atoms with Crippen molar-refractivity contribution in [3.63, 3.8) is 0 Å². The van der Waals surface area contributed by atoms with Crippen LogP contribution in [0.15, 0.2) is 24.3 Å². The molecule has 0 N–H and O–H groups in total. The van der Waals surface area contributed by atoms with E-state index in [4.69, 9.17) is 11.6 Å². The van der Waals surface area contributed by atoms with Crippen molar-refractivity contribution in [1.82, 2.24) is 4.48 Å². The summed E-state index contributed by atoms with van der Waals surface area (Å²) in [5.74, 6) is 0. The molecule has 0 saturated carbocycles. The number of nitrogens with zero attached hydrogens (tertiary/aromatic N) is 1. The van der Waals surface area contributed by atoms with Crippen LogP contribution < -0.4 is 4.48 Å². The van der Waals surface area contributed by atoms with Gasteiger partial charge in [0.25, 0.3) is 0 Å². The molecule has 60 valence electrons. The van der Waals surface area contributed by atoms with Crippen molar-refractivity contribution in [1.29, 1.82) is 0 Å². The number of hydrogen-bond donors (Lipinski definition) is 0. The van der Waals surface area contributed by atoms with Gasteiger partial charge >= 0.3 is 0 Å². The third-order valence-corrected chi connectivity index (χ3v) is 1.85. The molecule has 11 heavy (non-hydrogen) atoms. The highest BCUT2D eigenvalue weighted by atomic mass is 35.5. The van der Waals surface area contributed by atoms with Crippen molar-refractivity contribution in [3.05, 3.63) is 29.3 Å². The molecule has 2 heteroatoms. The highest BCUT2D eigenvalue weighted by Gasteiger charge is 2.10. The molecule has 0 saturated heterocycles. The van der Waals surface area contributed by atoms with E-state index in [1.165, 1.54) is 5.69 Å². The molecule has 0 aliphatic carbocycles. The molecule has 1 rings (SSSR count). The zero-order valence-corrected chi connectivity index (χ0v) is 7.89. The van der Waals surface area contributed by atoms with E-state index >= 15 is 0 Å². The number of rotatable bonds is 1. The lowest BCUT2D eigenvalue weighted by Crippen LogP contribution is -2.34. The Bertz CT molecular complexity index is 233. The average Bonchev–Trinajstić information content (AvgIpc) is 1.86. The third kappa shape index (κ3) is 2.21. The van der Waals surface area contributed by atoms with Crippen LogP contribution in [0.4, 0.5) is 5.69 Å². The van der Waals surface area contributed by atoms with E-state index < -0.39 is 0 Å². The van der Waals surface area contributed by atoms with E-state index in [1.54, 1.807) is 0 Å². The minimum Gasteiger partial charge on any atom is -0.298 e. The fourth-order valence-corrected chi connectivity index (χ4v) is 1.01. The second-order valence-corrected chi connectivity index (χ2v) is 3.93. The molecular formula is C9H13ClN+. The molecule has 0 aliphatic rings. The molecule has 0 heterocycles. The highest BCUT2D eigenvalue weighted by molar-refractivity contribution is 6.30. The van der Waals surface area contributed by atoms with E-state index in [-0.39, 0.29) is 0 Å². The Morgan fingerprint density at radius 3 is 1.82 bits per heavy atom. The van der Waals surface area contributed by atoms with Crippen molar-refractivity contribution in [2.45, 2.75) is 0 Å². The summed E-state index contributed by atoms with van der Waals surface area (Å²) in [6, 6.07) is 7.92. The molecule has 0 fully saturated rings. The van der Waals surface area contributed by atoms with Crippen LogP contribution in [0.25, 0.3) is 0 Å². The molecule has 0 amide bonds. The lowest BCUT2D eigenvalue weighted by atomic mass is 10.3. The Balaban J connectivity index is 2.99. The Labute approximate surface area is 72.8 Å². The second-order valence-electron chi connectivity index (χ2n) is 3.49. The molecule has 0 atom stereocenters. The van der Waals surface area contributed by atoms with Crippen molar-refractivity contribution >= 4 is 17.3 Å². The molecule has 0 radical (unpaired) electrons. The zero-order chi connectivity index (χ0) is 8.48. The van der Waals surface area contributed by atoms with Gasteiger partial charge in [0.15, 0.2) is 0 Å². The number of quaternary nitrogens is 1. The first-order valence-electron chi connectivity index (χ1n) is 3.58. The summed E-state index contributed by atoms with van der Waals surface area (Å²) in [4.78, 5) is 0. The number of hydrogen-bond acceptors (Lipinski definition) is 0. The van der Waals surface area contributed by atoms with Gasteiger partial charge in [-0.1, -0.05) is 11.6 Å². The lowest BCUT2D eigenvalue weighted by molar-refractivity contribution is 0.486. The quantitative estimate of drug-likeness (QED) is 0.569. The van der Waals surface area contributed by atoms with Gasteiger partial charge in [0, 0.05) is 17.2 Å². The summed E-state index contributed by atoms with van der Waals surface area (Å²) in [5, 5.41) is 0.794. The molecule has 0 aliphatic heterocycles. The summed E-state index contributed by atoms with van der Waals surface area (Å²) in [6.45, 7) is 0. The largest absolute Gasteiger partial charge is 0.298 e. The van der Waals surface area contributed by atoms with E-state index in [0.29, 0.717) is 0 Å². The zero-order valence-electron chi connectivity index (χ0n) is 7.13. The van der Waals surface area contributed by atoms with Crippen LogP contribution in [0.3, 0.4) is 0 Å². The molecule has 1 aromatic carbocycles. The van der Waals surface area contributed by atoms with Crippen molar-refractivity contribution in [2.75, 3.05) is 21.1 Å². The molecular weight excluding hydrogens is 158 g/mol. The molecule has 0 unspecified atom stereocenters. The van der Waals surface area contributed by atoms with Gasteiger partial charge in [-0.05, 0) is 12.1 Å². The first-order valence-corrected chi connectivity index (χ1v) is 3.95. The van der Waals surface area contributed by atoms with Crippen LogP contribution in [0.1, 0.15) is 0 Å². The fourth-order valence-electron chi connectivity index (χ4n) is 0.888. The maximum absolute atomic E-state index is 5.75. The van der Waals surface area contributed by atoms with E-state index in [0.717, 1.165) is 9.51 Å². The Hall–Kier alpha value is -0.530. The van der Waals surface area contributed by atoms with Crippen LogP contribution >= 0.6 is 11.6 Å². The topological polar surface area (TPSA) is 0 Å².